The molecule has 0 amide bonds. The fraction of sp³-hybridized carbons (Fsp3) is 0.222. The van der Waals surface area contributed by atoms with E-state index in [1.807, 2.05) is 12.1 Å². The molecule has 0 unspecified atom stereocenters. The highest BCUT2D eigenvalue weighted by atomic mass is 35.5. The summed E-state index contributed by atoms with van der Waals surface area (Å²) in [5.74, 6) is 0.359. The highest BCUT2D eigenvalue weighted by Gasteiger charge is 2.17. The lowest BCUT2D eigenvalue weighted by molar-refractivity contribution is 0.269. The molecule has 28 heavy (non-hydrogen) atoms. The molecular formula is C18H16Cl2N4O4. The monoisotopic (exact) mass is 422 g/mol. The highest BCUT2D eigenvalue weighted by Crippen LogP contribution is 2.12. The van der Waals surface area contributed by atoms with Crippen molar-refractivity contribution < 1.29 is 9.63 Å². The summed E-state index contributed by atoms with van der Waals surface area (Å²) in [6.45, 7) is 1.06. The number of hydrogen-bond acceptors (Lipinski definition) is 6. The van der Waals surface area contributed by atoms with Crippen LogP contribution in [0.5, 0.6) is 0 Å². The van der Waals surface area contributed by atoms with Crippen LogP contribution in [0.1, 0.15) is 23.0 Å². The maximum absolute atomic E-state index is 12.5. The molecule has 3 aromatic rings. The normalized spacial score (nSPS) is 11.4. The zero-order chi connectivity index (χ0) is 20.3. The number of aliphatic hydroxyl groups is 1. The van der Waals surface area contributed by atoms with E-state index in [0.29, 0.717) is 10.7 Å². The maximum atomic E-state index is 12.5. The molecule has 8 nitrogen and oxygen atoms in total. The Morgan fingerprint density at radius 1 is 1.14 bits per heavy atom. The summed E-state index contributed by atoms with van der Waals surface area (Å²) >= 11 is 11.9. The molecule has 1 N–H and O–H groups in total. The summed E-state index contributed by atoms with van der Waals surface area (Å²) in [5.41, 5.74) is -0.0875. The molecule has 3 rings (SSSR count). The van der Waals surface area contributed by atoms with Crippen LogP contribution in [0.15, 0.2) is 38.4 Å². The van der Waals surface area contributed by atoms with Crippen molar-refractivity contribution in [2.24, 2.45) is 0 Å². The van der Waals surface area contributed by atoms with Gasteiger partial charge in [0, 0.05) is 10.7 Å². The first-order valence-corrected chi connectivity index (χ1v) is 9.03. The third-order valence-corrected chi connectivity index (χ3v) is 4.70. The molecule has 0 aliphatic rings. The van der Waals surface area contributed by atoms with Crippen molar-refractivity contribution in [3.05, 3.63) is 78.1 Å². The van der Waals surface area contributed by atoms with E-state index in [4.69, 9.17) is 32.8 Å². The molecular weight excluding hydrogens is 407 g/mol. The lowest BCUT2D eigenvalue weighted by Crippen LogP contribution is -2.42. The number of aliphatic hydroxyl groups excluding tert-OH is 1. The molecule has 10 heteroatoms. The van der Waals surface area contributed by atoms with Gasteiger partial charge in [0.2, 0.25) is 5.89 Å². The minimum absolute atomic E-state index is 0.0174. The molecule has 0 bridgehead atoms. The first kappa shape index (κ1) is 20.1. The van der Waals surface area contributed by atoms with E-state index in [-0.39, 0.29) is 36.4 Å². The molecule has 0 fully saturated rings. The molecule has 0 radical (unpaired) electrons. The van der Waals surface area contributed by atoms with Gasteiger partial charge >= 0.3 is 5.69 Å². The summed E-state index contributed by atoms with van der Waals surface area (Å²) in [5, 5.41) is 13.5. The molecule has 2 aromatic heterocycles. The van der Waals surface area contributed by atoms with E-state index in [1.54, 1.807) is 24.3 Å². The van der Waals surface area contributed by atoms with Gasteiger partial charge in [0.1, 0.15) is 11.6 Å². The van der Waals surface area contributed by atoms with E-state index in [0.717, 1.165) is 10.1 Å². The Bertz CT molecular complexity index is 1130. The summed E-state index contributed by atoms with van der Waals surface area (Å²) < 4.78 is 7.24. The van der Waals surface area contributed by atoms with Gasteiger partial charge in [0.15, 0.2) is 5.82 Å². The Hall–Kier alpha value is -2.68. The van der Waals surface area contributed by atoms with Gasteiger partial charge in [-0.2, -0.15) is 4.98 Å². The predicted octanol–water partition coefficient (Wildman–Crippen LogP) is 2.22. The number of nitrogens with zero attached hydrogens (tertiary/aromatic N) is 4. The molecule has 0 atom stereocenters. The summed E-state index contributed by atoms with van der Waals surface area (Å²) in [7, 11) is 0. The van der Waals surface area contributed by atoms with Crippen LogP contribution in [-0.2, 0) is 13.1 Å². The lowest BCUT2D eigenvalue weighted by Gasteiger charge is -2.12. The Morgan fingerprint density at radius 3 is 2.54 bits per heavy atom. The van der Waals surface area contributed by atoms with Crippen LogP contribution in [0.25, 0.3) is 12.2 Å². The molecule has 0 spiro atoms. The fourth-order valence-electron chi connectivity index (χ4n) is 2.55. The van der Waals surface area contributed by atoms with Crippen LogP contribution in [-0.4, -0.2) is 31.0 Å². The summed E-state index contributed by atoms with van der Waals surface area (Å²) in [6.07, 6.45) is 3.40. The van der Waals surface area contributed by atoms with Crippen molar-refractivity contribution in [1.29, 1.82) is 0 Å². The van der Waals surface area contributed by atoms with E-state index in [1.165, 1.54) is 11.5 Å². The number of aromatic nitrogens is 4. The second-order valence-electron chi connectivity index (χ2n) is 5.88. The van der Waals surface area contributed by atoms with Crippen molar-refractivity contribution >= 4 is 35.4 Å². The summed E-state index contributed by atoms with van der Waals surface area (Å²) in [4.78, 5) is 29.1. The van der Waals surface area contributed by atoms with Gasteiger partial charge in [0.05, 0.1) is 13.2 Å². The zero-order valence-corrected chi connectivity index (χ0v) is 16.3. The number of halogens is 2. The third kappa shape index (κ3) is 4.24. The van der Waals surface area contributed by atoms with Crippen LogP contribution in [0.2, 0.25) is 10.0 Å². The second-order valence-corrected chi connectivity index (χ2v) is 6.69. The van der Waals surface area contributed by atoms with E-state index < -0.39 is 11.2 Å². The Labute approximate surface area is 169 Å². The van der Waals surface area contributed by atoms with E-state index >= 15 is 0 Å². The van der Waals surface area contributed by atoms with Gasteiger partial charge < -0.3 is 9.63 Å². The number of rotatable bonds is 6. The molecule has 0 aliphatic heterocycles. The van der Waals surface area contributed by atoms with Gasteiger partial charge in [-0.1, -0.05) is 46.6 Å². The zero-order valence-electron chi connectivity index (χ0n) is 14.8. The van der Waals surface area contributed by atoms with Crippen molar-refractivity contribution in [2.75, 3.05) is 6.61 Å². The van der Waals surface area contributed by atoms with Crippen LogP contribution in [0, 0.1) is 6.92 Å². The lowest BCUT2D eigenvalue weighted by atomic mass is 10.2. The standard InChI is InChI=1S/C18H16Cl2N4O4/c1-11-16(20)17(26)24(18(27)23(11)8-9-25)10-15-21-14(22-28-15)7-4-12-2-5-13(19)6-3-12/h2-7,25H,8-10H2,1H3/b7-4+. The first-order chi connectivity index (χ1) is 13.4. The van der Waals surface area contributed by atoms with Crippen molar-refractivity contribution in [1.82, 2.24) is 19.3 Å². The van der Waals surface area contributed by atoms with Crippen molar-refractivity contribution in [2.45, 2.75) is 20.0 Å². The van der Waals surface area contributed by atoms with E-state index in [9.17, 15) is 9.59 Å². The van der Waals surface area contributed by atoms with Crippen LogP contribution >= 0.6 is 23.2 Å². The SMILES string of the molecule is Cc1c(Cl)c(=O)n(Cc2nc(/C=C/c3ccc(Cl)cc3)no2)c(=O)n1CCO. The van der Waals surface area contributed by atoms with Crippen LogP contribution in [0.4, 0.5) is 0 Å². The smallest absolute Gasteiger partial charge is 0.331 e. The van der Waals surface area contributed by atoms with Crippen molar-refractivity contribution in [3.8, 4) is 0 Å². The predicted molar refractivity (Wildman–Crippen MR) is 106 cm³/mol. The minimum Gasteiger partial charge on any atom is -0.395 e. The minimum atomic E-state index is -0.658. The van der Waals surface area contributed by atoms with Crippen molar-refractivity contribution in [3.63, 3.8) is 0 Å². The third-order valence-electron chi connectivity index (χ3n) is 4.01. The van der Waals surface area contributed by atoms with E-state index in [2.05, 4.69) is 10.1 Å². The molecule has 0 saturated heterocycles. The molecule has 1 aromatic carbocycles. The molecule has 2 heterocycles. The Morgan fingerprint density at radius 2 is 1.86 bits per heavy atom. The fourth-order valence-corrected chi connectivity index (χ4v) is 2.88. The number of hydrogen-bond donors (Lipinski definition) is 1. The first-order valence-electron chi connectivity index (χ1n) is 8.27. The molecule has 0 aliphatic carbocycles. The van der Waals surface area contributed by atoms with Gasteiger partial charge in [-0.3, -0.25) is 9.36 Å². The largest absolute Gasteiger partial charge is 0.395 e. The van der Waals surface area contributed by atoms with Crippen LogP contribution in [0.3, 0.4) is 0 Å². The Kier molecular flexibility index (Phi) is 6.13. The quantitative estimate of drug-likeness (QED) is 0.652. The van der Waals surface area contributed by atoms with Crippen LogP contribution < -0.4 is 11.2 Å². The van der Waals surface area contributed by atoms with Gasteiger partial charge in [-0.15, -0.1) is 0 Å². The number of benzene rings is 1. The Balaban J connectivity index is 1.86. The maximum Gasteiger partial charge on any atom is 0.331 e. The topological polar surface area (TPSA) is 103 Å². The average molecular weight is 423 g/mol. The molecule has 146 valence electrons. The second kappa shape index (κ2) is 8.55. The average Bonchev–Trinajstić information content (AvgIpc) is 3.14. The highest BCUT2D eigenvalue weighted by molar-refractivity contribution is 6.31. The summed E-state index contributed by atoms with van der Waals surface area (Å²) in [6, 6.07) is 7.18. The molecule has 0 saturated carbocycles. The van der Waals surface area contributed by atoms with Gasteiger partial charge in [-0.05, 0) is 30.7 Å². The van der Waals surface area contributed by atoms with Gasteiger partial charge in [-0.25, -0.2) is 9.36 Å². The van der Waals surface area contributed by atoms with Gasteiger partial charge in [0.25, 0.3) is 5.56 Å².